The maximum atomic E-state index is 12.1. The molecule has 0 heterocycles. The number of amides is 1. The standard InChI is InChI=1S/C12H15F3N2O2/c1-17(7-12(13,14)15)11(19)10(16)6-8-2-4-9(18)5-3-8/h2-5,10,18H,6-7,16H2,1H3. The Bertz CT molecular complexity index is 432. The van der Waals surface area contributed by atoms with Crippen LogP contribution in [0.3, 0.4) is 0 Å². The van der Waals surface area contributed by atoms with Crippen LogP contribution < -0.4 is 5.73 Å². The van der Waals surface area contributed by atoms with Gasteiger partial charge in [-0.1, -0.05) is 12.1 Å². The molecule has 0 saturated carbocycles. The number of nitrogens with zero attached hydrogens (tertiary/aromatic N) is 1. The van der Waals surface area contributed by atoms with E-state index in [0.29, 0.717) is 10.5 Å². The molecule has 1 atom stereocenters. The summed E-state index contributed by atoms with van der Waals surface area (Å²) in [4.78, 5) is 12.2. The van der Waals surface area contributed by atoms with E-state index in [-0.39, 0.29) is 12.2 Å². The first kappa shape index (κ1) is 15.3. The van der Waals surface area contributed by atoms with Gasteiger partial charge in [0.2, 0.25) is 5.91 Å². The SMILES string of the molecule is CN(CC(F)(F)F)C(=O)C(N)Cc1ccc(O)cc1. The Morgan fingerprint density at radius 1 is 1.37 bits per heavy atom. The molecule has 0 radical (unpaired) electrons. The zero-order valence-electron chi connectivity index (χ0n) is 10.3. The van der Waals surface area contributed by atoms with Crippen molar-refractivity contribution in [3.63, 3.8) is 0 Å². The smallest absolute Gasteiger partial charge is 0.406 e. The topological polar surface area (TPSA) is 66.6 Å². The van der Waals surface area contributed by atoms with E-state index in [1.807, 2.05) is 0 Å². The van der Waals surface area contributed by atoms with Crippen molar-refractivity contribution in [1.82, 2.24) is 4.90 Å². The molecule has 1 aromatic rings. The molecular formula is C12H15F3N2O2. The minimum absolute atomic E-state index is 0.0674. The second kappa shape index (κ2) is 5.92. The van der Waals surface area contributed by atoms with Crippen LogP contribution in [0.1, 0.15) is 5.56 Å². The third-order valence-corrected chi connectivity index (χ3v) is 2.50. The Kier molecular flexibility index (Phi) is 4.77. The molecule has 1 aromatic carbocycles. The number of carbonyl (C=O) groups excluding carboxylic acids is 1. The fourth-order valence-corrected chi connectivity index (χ4v) is 1.60. The highest BCUT2D eigenvalue weighted by molar-refractivity contribution is 5.81. The first-order chi connectivity index (χ1) is 8.69. The highest BCUT2D eigenvalue weighted by Crippen LogP contribution is 2.16. The van der Waals surface area contributed by atoms with Gasteiger partial charge in [-0.2, -0.15) is 13.2 Å². The van der Waals surface area contributed by atoms with Crippen molar-refractivity contribution in [3.05, 3.63) is 29.8 Å². The molecule has 106 valence electrons. The summed E-state index contributed by atoms with van der Waals surface area (Å²) in [6.07, 6.45) is -4.33. The first-order valence-corrected chi connectivity index (χ1v) is 5.54. The number of nitrogens with two attached hydrogens (primary N) is 1. The lowest BCUT2D eigenvalue weighted by Crippen LogP contribution is -2.46. The van der Waals surface area contributed by atoms with Crippen molar-refractivity contribution in [3.8, 4) is 5.75 Å². The molecule has 4 nitrogen and oxygen atoms in total. The lowest BCUT2D eigenvalue weighted by atomic mass is 10.1. The van der Waals surface area contributed by atoms with Crippen LogP contribution in [0.5, 0.6) is 5.75 Å². The van der Waals surface area contributed by atoms with Gasteiger partial charge in [-0.15, -0.1) is 0 Å². The maximum absolute atomic E-state index is 12.1. The lowest BCUT2D eigenvalue weighted by Gasteiger charge is -2.22. The van der Waals surface area contributed by atoms with Gasteiger partial charge in [0, 0.05) is 7.05 Å². The van der Waals surface area contributed by atoms with Gasteiger partial charge in [0.1, 0.15) is 12.3 Å². The van der Waals surface area contributed by atoms with Gasteiger partial charge in [0.15, 0.2) is 0 Å². The highest BCUT2D eigenvalue weighted by atomic mass is 19.4. The van der Waals surface area contributed by atoms with E-state index in [1.54, 1.807) is 12.1 Å². The second-order valence-electron chi connectivity index (χ2n) is 4.29. The van der Waals surface area contributed by atoms with Gasteiger partial charge in [-0.05, 0) is 24.1 Å². The van der Waals surface area contributed by atoms with E-state index in [2.05, 4.69) is 0 Å². The number of benzene rings is 1. The number of phenolic OH excluding ortho intramolecular Hbond substituents is 1. The molecule has 0 aromatic heterocycles. The van der Waals surface area contributed by atoms with E-state index >= 15 is 0 Å². The Morgan fingerprint density at radius 2 is 1.89 bits per heavy atom. The summed E-state index contributed by atoms with van der Waals surface area (Å²) in [6.45, 7) is -1.32. The van der Waals surface area contributed by atoms with Gasteiger partial charge in [0.25, 0.3) is 0 Å². The second-order valence-corrected chi connectivity index (χ2v) is 4.29. The van der Waals surface area contributed by atoms with Crippen LogP contribution in [0.4, 0.5) is 13.2 Å². The number of hydrogen-bond acceptors (Lipinski definition) is 3. The Morgan fingerprint density at radius 3 is 2.37 bits per heavy atom. The van der Waals surface area contributed by atoms with Crippen molar-refractivity contribution in [2.24, 2.45) is 5.73 Å². The minimum Gasteiger partial charge on any atom is -0.508 e. The Labute approximate surface area is 108 Å². The Hall–Kier alpha value is -1.76. The molecule has 1 amide bonds. The summed E-state index contributed by atoms with van der Waals surface area (Å²) in [6, 6.07) is 4.92. The van der Waals surface area contributed by atoms with Crippen LogP contribution in [0.25, 0.3) is 0 Å². The predicted octanol–water partition coefficient (Wildman–Crippen LogP) is 1.28. The average molecular weight is 276 g/mol. The fraction of sp³-hybridized carbons (Fsp3) is 0.417. The molecule has 19 heavy (non-hydrogen) atoms. The highest BCUT2D eigenvalue weighted by Gasteiger charge is 2.32. The summed E-state index contributed by atoms with van der Waals surface area (Å²) in [7, 11) is 1.06. The molecule has 0 fully saturated rings. The molecule has 1 unspecified atom stereocenters. The summed E-state index contributed by atoms with van der Waals surface area (Å²) < 4.78 is 36.4. The van der Waals surface area contributed by atoms with E-state index in [1.165, 1.54) is 12.1 Å². The van der Waals surface area contributed by atoms with Crippen molar-refractivity contribution in [1.29, 1.82) is 0 Å². The van der Waals surface area contributed by atoms with Gasteiger partial charge in [-0.3, -0.25) is 4.79 Å². The zero-order valence-corrected chi connectivity index (χ0v) is 10.3. The van der Waals surface area contributed by atoms with Gasteiger partial charge in [0.05, 0.1) is 6.04 Å². The third-order valence-electron chi connectivity index (χ3n) is 2.50. The van der Waals surface area contributed by atoms with Crippen LogP contribution in [-0.2, 0) is 11.2 Å². The normalized spacial score (nSPS) is 13.1. The van der Waals surface area contributed by atoms with Crippen molar-refractivity contribution < 1.29 is 23.1 Å². The summed E-state index contributed by atoms with van der Waals surface area (Å²) >= 11 is 0. The molecule has 0 bridgehead atoms. The van der Waals surface area contributed by atoms with Crippen molar-refractivity contribution in [2.75, 3.05) is 13.6 Å². The van der Waals surface area contributed by atoms with E-state index in [0.717, 1.165) is 7.05 Å². The third kappa shape index (κ3) is 5.17. The molecular weight excluding hydrogens is 261 g/mol. The minimum atomic E-state index is -4.44. The van der Waals surface area contributed by atoms with Gasteiger partial charge >= 0.3 is 6.18 Å². The Balaban J connectivity index is 2.59. The maximum Gasteiger partial charge on any atom is 0.406 e. The molecule has 0 aliphatic rings. The van der Waals surface area contributed by atoms with E-state index in [4.69, 9.17) is 10.8 Å². The van der Waals surface area contributed by atoms with Gasteiger partial charge < -0.3 is 15.7 Å². The number of carbonyl (C=O) groups is 1. The lowest BCUT2D eigenvalue weighted by molar-refractivity contribution is -0.159. The monoisotopic (exact) mass is 276 g/mol. The molecule has 0 spiro atoms. The van der Waals surface area contributed by atoms with Crippen molar-refractivity contribution >= 4 is 5.91 Å². The fourth-order valence-electron chi connectivity index (χ4n) is 1.60. The summed E-state index contributed by atoms with van der Waals surface area (Å²) in [5, 5.41) is 9.08. The molecule has 0 aliphatic heterocycles. The van der Waals surface area contributed by atoms with Gasteiger partial charge in [-0.25, -0.2) is 0 Å². The van der Waals surface area contributed by atoms with Crippen LogP contribution in [0.2, 0.25) is 0 Å². The van der Waals surface area contributed by atoms with Crippen LogP contribution in [-0.4, -0.2) is 41.7 Å². The largest absolute Gasteiger partial charge is 0.508 e. The van der Waals surface area contributed by atoms with Crippen LogP contribution >= 0.6 is 0 Å². The number of hydrogen-bond donors (Lipinski definition) is 2. The number of phenols is 1. The molecule has 0 aliphatic carbocycles. The van der Waals surface area contributed by atoms with Crippen LogP contribution in [0, 0.1) is 0 Å². The number of alkyl halides is 3. The first-order valence-electron chi connectivity index (χ1n) is 5.54. The number of aromatic hydroxyl groups is 1. The number of halogens is 3. The summed E-state index contributed by atoms with van der Waals surface area (Å²) in [5.74, 6) is -0.705. The predicted molar refractivity (Wildman–Crippen MR) is 63.5 cm³/mol. The molecule has 7 heteroatoms. The number of rotatable bonds is 4. The number of likely N-dealkylation sites (N-methyl/N-ethyl adjacent to an activating group) is 1. The van der Waals surface area contributed by atoms with Crippen molar-refractivity contribution in [2.45, 2.75) is 18.6 Å². The van der Waals surface area contributed by atoms with E-state index in [9.17, 15) is 18.0 Å². The molecule has 1 rings (SSSR count). The summed E-state index contributed by atoms with van der Waals surface area (Å²) in [5.41, 5.74) is 6.25. The van der Waals surface area contributed by atoms with E-state index < -0.39 is 24.7 Å². The average Bonchev–Trinajstić information content (AvgIpc) is 2.28. The molecule has 0 saturated heterocycles. The van der Waals surface area contributed by atoms with Crippen LogP contribution in [0.15, 0.2) is 24.3 Å². The quantitative estimate of drug-likeness (QED) is 0.870. The molecule has 3 N–H and O–H groups in total. The zero-order chi connectivity index (χ0) is 14.6.